The van der Waals surface area contributed by atoms with Crippen LogP contribution in [0.1, 0.15) is 33.4 Å². The van der Waals surface area contributed by atoms with Gasteiger partial charge < -0.3 is 23.7 Å². The van der Waals surface area contributed by atoms with E-state index in [0.29, 0.717) is 0 Å². The second-order valence-electron chi connectivity index (χ2n) is 4.41. The molecule has 0 amide bonds. The lowest BCUT2D eigenvalue weighted by molar-refractivity contribution is 0.0419. The number of ether oxygens (including phenoxy) is 3. The highest BCUT2D eigenvalue weighted by Gasteiger charge is 2.20. The summed E-state index contributed by atoms with van der Waals surface area (Å²) in [4.78, 5) is 23.7. The van der Waals surface area contributed by atoms with Crippen LogP contribution in [0.15, 0.2) is 34.9 Å². The Hall–Kier alpha value is -2.96. The minimum Gasteiger partial charge on any atom is -0.504 e. The van der Waals surface area contributed by atoms with Crippen LogP contribution in [-0.2, 0) is 16.1 Å². The Balaban J connectivity index is 2.09. The number of phenolic OH excluding ortho intramolecular Hbond substituents is 1. The number of phenols is 1. The number of esters is 2. The minimum absolute atomic E-state index is 0.0476. The molecule has 0 atom stereocenters. The fraction of sp³-hybridized carbons (Fsp3) is 0.250. The van der Waals surface area contributed by atoms with Gasteiger partial charge in [0.2, 0.25) is 0 Å². The molecular formula is C16H16O7. The molecule has 0 aliphatic carbocycles. The molecule has 0 unspecified atom stereocenters. The fourth-order valence-electron chi connectivity index (χ4n) is 1.90. The van der Waals surface area contributed by atoms with E-state index < -0.39 is 11.9 Å². The van der Waals surface area contributed by atoms with Crippen molar-refractivity contribution >= 4 is 11.9 Å². The molecular weight excluding hydrogens is 304 g/mol. The Morgan fingerprint density at radius 1 is 1.13 bits per heavy atom. The molecule has 1 heterocycles. The summed E-state index contributed by atoms with van der Waals surface area (Å²) in [6.07, 6.45) is 1.30. The van der Waals surface area contributed by atoms with Crippen molar-refractivity contribution in [1.29, 1.82) is 0 Å². The SMILES string of the molecule is CCOC(=O)c1ccoc1COC(=O)c1cccc(OC)c1O. The van der Waals surface area contributed by atoms with Gasteiger partial charge in [-0.1, -0.05) is 6.07 Å². The van der Waals surface area contributed by atoms with Crippen molar-refractivity contribution in [2.24, 2.45) is 0 Å². The van der Waals surface area contributed by atoms with E-state index in [0.717, 1.165) is 0 Å². The molecule has 0 aliphatic heterocycles. The number of methoxy groups -OCH3 is 1. The Kier molecular flexibility index (Phi) is 5.24. The number of hydrogen-bond donors (Lipinski definition) is 1. The van der Waals surface area contributed by atoms with E-state index in [1.165, 1.54) is 31.6 Å². The predicted octanol–water partition coefficient (Wildman–Crippen LogP) is 2.53. The molecule has 0 fully saturated rings. The molecule has 7 heteroatoms. The molecule has 0 spiro atoms. The average Bonchev–Trinajstić information content (AvgIpc) is 3.01. The smallest absolute Gasteiger partial charge is 0.342 e. The van der Waals surface area contributed by atoms with Gasteiger partial charge in [-0.3, -0.25) is 0 Å². The first-order valence-electron chi connectivity index (χ1n) is 6.85. The van der Waals surface area contributed by atoms with E-state index in [2.05, 4.69) is 0 Å². The van der Waals surface area contributed by atoms with Crippen molar-refractivity contribution in [1.82, 2.24) is 0 Å². The molecule has 2 aromatic rings. The second kappa shape index (κ2) is 7.35. The molecule has 23 heavy (non-hydrogen) atoms. The molecule has 7 nitrogen and oxygen atoms in total. The summed E-state index contributed by atoms with van der Waals surface area (Å²) >= 11 is 0. The van der Waals surface area contributed by atoms with Gasteiger partial charge in [0.1, 0.15) is 11.1 Å². The summed E-state index contributed by atoms with van der Waals surface area (Å²) in [5.41, 5.74) is 0.142. The number of hydrogen-bond acceptors (Lipinski definition) is 7. The first-order valence-corrected chi connectivity index (χ1v) is 6.85. The molecule has 2 rings (SSSR count). The van der Waals surface area contributed by atoms with Crippen molar-refractivity contribution in [2.75, 3.05) is 13.7 Å². The lowest BCUT2D eigenvalue weighted by atomic mass is 10.2. The van der Waals surface area contributed by atoms with Crippen molar-refractivity contribution < 1.29 is 33.3 Å². The Labute approximate surface area is 132 Å². The van der Waals surface area contributed by atoms with Gasteiger partial charge >= 0.3 is 11.9 Å². The van der Waals surface area contributed by atoms with Gasteiger partial charge in [-0.15, -0.1) is 0 Å². The van der Waals surface area contributed by atoms with E-state index in [1.807, 2.05) is 0 Å². The van der Waals surface area contributed by atoms with Gasteiger partial charge in [-0.2, -0.15) is 0 Å². The lowest BCUT2D eigenvalue weighted by Gasteiger charge is -2.08. The van der Waals surface area contributed by atoms with Crippen LogP contribution in [0, 0.1) is 0 Å². The van der Waals surface area contributed by atoms with E-state index in [1.54, 1.807) is 13.0 Å². The third kappa shape index (κ3) is 3.63. The number of benzene rings is 1. The van der Waals surface area contributed by atoms with Gasteiger partial charge in [0.25, 0.3) is 0 Å². The zero-order chi connectivity index (χ0) is 16.8. The van der Waals surface area contributed by atoms with Crippen LogP contribution in [0.25, 0.3) is 0 Å². The molecule has 122 valence electrons. The summed E-state index contributed by atoms with van der Waals surface area (Å²) in [5.74, 6) is -1.32. The number of rotatable bonds is 6. The highest BCUT2D eigenvalue weighted by atomic mass is 16.5. The van der Waals surface area contributed by atoms with Gasteiger partial charge in [0.05, 0.1) is 20.0 Å². The fourth-order valence-corrected chi connectivity index (χ4v) is 1.90. The Morgan fingerprint density at radius 2 is 1.87 bits per heavy atom. The van der Waals surface area contributed by atoms with Crippen LogP contribution in [0.3, 0.4) is 0 Å². The van der Waals surface area contributed by atoms with Crippen LogP contribution in [0.4, 0.5) is 0 Å². The molecule has 0 aliphatic rings. The van der Waals surface area contributed by atoms with Crippen molar-refractivity contribution in [3.63, 3.8) is 0 Å². The first-order chi connectivity index (χ1) is 11.1. The molecule has 1 aromatic heterocycles. The average molecular weight is 320 g/mol. The Bertz CT molecular complexity index is 702. The minimum atomic E-state index is -0.771. The standard InChI is InChI=1S/C16H16O7/c1-3-21-15(18)10-7-8-22-13(10)9-23-16(19)11-5-4-6-12(20-2)14(11)17/h4-8,17H,3,9H2,1-2H3. The molecule has 0 saturated heterocycles. The number of para-hydroxylation sites is 1. The monoisotopic (exact) mass is 320 g/mol. The number of aromatic hydroxyl groups is 1. The topological polar surface area (TPSA) is 95.2 Å². The maximum Gasteiger partial charge on any atom is 0.342 e. The van der Waals surface area contributed by atoms with Crippen LogP contribution in [0.2, 0.25) is 0 Å². The van der Waals surface area contributed by atoms with Gasteiger partial charge in [-0.05, 0) is 25.1 Å². The lowest BCUT2D eigenvalue weighted by Crippen LogP contribution is -2.10. The molecule has 0 bridgehead atoms. The maximum atomic E-state index is 12.0. The molecule has 1 aromatic carbocycles. The van der Waals surface area contributed by atoms with Crippen molar-refractivity contribution in [3.8, 4) is 11.5 Å². The van der Waals surface area contributed by atoms with E-state index in [-0.39, 0.29) is 41.6 Å². The molecule has 0 saturated carbocycles. The zero-order valence-electron chi connectivity index (χ0n) is 12.7. The van der Waals surface area contributed by atoms with Crippen LogP contribution in [-0.4, -0.2) is 30.8 Å². The van der Waals surface area contributed by atoms with Gasteiger partial charge in [0, 0.05) is 0 Å². The normalized spacial score (nSPS) is 10.2. The van der Waals surface area contributed by atoms with Crippen molar-refractivity contribution in [3.05, 3.63) is 47.4 Å². The summed E-state index contributed by atoms with van der Waals surface area (Å²) in [5, 5.41) is 9.91. The second-order valence-corrected chi connectivity index (χ2v) is 4.41. The summed E-state index contributed by atoms with van der Waals surface area (Å²) < 4.78 is 20.0. The predicted molar refractivity (Wildman–Crippen MR) is 78.4 cm³/mol. The summed E-state index contributed by atoms with van der Waals surface area (Å²) in [6, 6.07) is 5.89. The number of carbonyl (C=O) groups excluding carboxylic acids is 2. The molecule has 1 N–H and O–H groups in total. The van der Waals surface area contributed by atoms with Gasteiger partial charge in [-0.25, -0.2) is 9.59 Å². The highest BCUT2D eigenvalue weighted by molar-refractivity contribution is 5.93. The number of furan rings is 1. The highest BCUT2D eigenvalue weighted by Crippen LogP contribution is 2.30. The Morgan fingerprint density at radius 3 is 2.57 bits per heavy atom. The largest absolute Gasteiger partial charge is 0.504 e. The van der Waals surface area contributed by atoms with Crippen LogP contribution in [0.5, 0.6) is 11.5 Å². The summed E-state index contributed by atoms with van der Waals surface area (Å²) in [7, 11) is 1.37. The summed E-state index contributed by atoms with van der Waals surface area (Å²) in [6.45, 7) is 1.64. The maximum absolute atomic E-state index is 12.0. The molecule has 0 radical (unpaired) electrons. The first kappa shape index (κ1) is 16.4. The van der Waals surface area contributed by atoms with E-state index in [9.17, 15) is 14.7 Å². The van der Waals surface area contributed by atoms with Crippen LogP contribution >= 0.6 is 0 Å². The quantitative estimate of drug-likeness (QED) is 0.817. The third-order valence-electron chi connectivity index (χ3n) is 3.01. The number of carbonyl (C=O) groups is 2. The van der Waals surface area contributed by atoms with E-state index in [4.69, 9.17) is 18.6 Å². The van der Waals surface area contributed by atoms with Gasteiger partial charge in [0.15, 0.2) is 23.9 Å². The van der Waals surface area contributed by atoms with Crippen LogP contribution < -0.4 is 4.74 Å². The zero-order valence-corrected chi connectivity index (χ0v) is 12.7. The van der Waals surface area contributed by atoms with E-state index >= 15 is 0 Å². The third-order valence-corrected chi connectivity index (χ3v) is 3.01. The van der Waals surface area contributed by atoms with Crippen molar-refractivity contribution in [2.45, 2.75) is 13.5 Å².